The average Bonchev–Trinajstić information content (AvgIpc) is 2.64. The molecule has 1 N–H and O–H groups in total. The number of hydrogen-bond acceptors (Lipinski definition) is 3. The number of imide groups is 1. The van der Waals surface area contributed by atoms with E-state index in [1.165, 1.54) is 4.90 Å². The van der Waals surface area contributed by atoms with Crippen LogP contribution in [0.1, 0.15) is 18.4 Å². The normalized spacial score (nSPS) is 21.8. The van der Waals surface area contributed by atoms with E-state index in [9.17, 15) is 9.59 Å². The molecule has 5 heteroatoms. The van der Waals surface area contributed by atoms with Gasteiger partial charge in [-0.1, -0.05) is 17.7 Å². The van der Waals surface area contributed by atoms with Crippen LogP contribution in [0.5, 0.6) is 0 Å². The molecule has 2 saturated heterocycles. The van der Waals surface area contributed by atoms with Gasteiger partial charge in [-0.3, -0.25) is 4.79 Å². The molecule has 2 aliphatic rings. The minimum absolute atomic E-state index is 0.162. The van der Waals surface area contributed by atoms with Crippen molar-refractivity contribution in [1.29, 1.82) is 0 Å². The third-order valence-electron chi connectivity index (χ3n) is 3.80. The molecule has 0 aliphatic carbocycles. The lowest BCUT2D eigenvalue weighted by molar-refractivity contribution is -0.125. The van der Waals surface area contributed by atoms with E-state index in [2.05, 4.69) is 5.32 Å². The topological polar surface area (TPSA) is 58.6 Å². The van der Waals surface area contributed by atoms with E-state index in [0.717, 1.165) is 5.56 Å². The van der Waals surface area contributed by atoms with Gasteiger partial charge in [-0.05, 0) is 19.1 Å². The number of rotatable bonds is 1. The van der Waals surface area contributed by atoms with Gasteiger partial charge in [-0.25, -0.2) is 9.69 Å². The zero-order chi connectivity index (χ0) is 13.5. The van der Waals surface area contributed by atoms with E-state index in [4.69, 9.17) is 4.74 Å². The fourth-order valence-electron chi connectivity index (χ4n) is 2.61. The summed E-state index contributed by atoms with van der Waals surface area (Å²) in [6.07, 6.45) is 1.08. The SMILES string of the molecule is Cc1ccc(N2C(=O)NC3(CCOCC3)C2=O)cc1. The second-order valence-corrected chi connectivity index (χ2v) is 5.10. The van der Waals surface area contributed by atoms with E-state index in [0.29, 0.717) is 31.7 Å². The van der Waals surface area contributed by atoms with E-state index < -0.39 is 5.54 Å². The van der Waals surface area contributed by atoms with E-state index in [1.54, 1.807) is 12.1 Å². The van der Waals surface area contributed by atoms with Gasteiger partial charge in [0, 0.05) is 26.1 Å². The van der Waals surface area contributed by atoms with Crippen LogP contribution in [0.3, 0.4) is 0 Å². The molecule has 0 radical (unpaired) electrons. The Morgan fingerprint density at radius 2 is 1.79 bits per heavy atom. The molecule has 2 aliphatic heterocycles. The Morgan fingerprint density at radius 3 is 2.42 bits per heavy atom. The number of nitrogens with zero attached hydrogens (tertiary/aromatic N) is 1. The number of hydrogen-bond donors (Lipinski definition) is 1. The highest BCUT2D eigenvalue weighted by Crippen LogP contribution is 2.31. The van der Waals surface area contributed by atoms with Crippen LogP contribution in [0, 0.1) is 6.92 Å². The molecule has 0 saturated carbocycles. The van der Waals surface area contributed by atoms with Crippen LogP contribution < -0.4 is 10.2 Å². The van der Waals surface area contributed by atoms with Gasteiger partial charge < -0.3 is 10.1 Å². The second-order valence-electron chi connectivity index (χ2n) is 5.10. The fraction of sp³-hybridized carbons (Fsp3) is 0.429. The standard InChI is InChI=1S/C14H16N2O3/c1-10-2-4-11(5-3-10)16-12(17)14(15-13(16)18)6-8-19-9-7-14/h2-5H,6-9H2,1H3,(H,15,18). The van der Waals surface area contributed by atoms with Gasteiger partial charge in [0.25, 0.3) is 5.91 Å². The molecular formula is C14H16N2O3. The van der Waals surface area contributed by atoms with Crippen LogP contribution in [0.4, 0.5) is 10.5 Å². The number of amides is 3. The zero-order valence-corrected chi connectivity index (χ0v) is 10.8. The van der Waals surface area contributed by atoms with Crippen molar-refractivity contribution in [2.24, 2.45) is 0 Å². The Labute approximate surface area is 111 Å². The minimum atomic E-state index is -0.764. The second kappa shape index (κ2) is 4.35. The molecule has 0 aromatic heterocycles. The molecule has 3 rings (SSSR count). The third-order valence-corrected chi connectivity index (χ3v) is 3.80. The van der Waals surface area contributed by atoms with E-state index >= 15 is 0 Å². The molecule has 1 aromatic rings. The Hall–Kier alpha value is -1.88. The molecule has 0 bridgehead atoms. The van der Waals surface area contributed by atoms with E-state index in [-0.39, 0.29) is 11.9 Å². The fourth-order valence-corrected chi connectivity index (χ4v) is 2.61. The summed E-state index contributed by atoms with van der Waals surface area (Å²) in [5, 5.41) is 2.84. The molecule has 3 amide bonds. The minimum Gasteiger partial charge on any atom is -0.381 e. The first-order chi connectivity index (χ1) is 9.12. The van der Waals surface area contributed by atoms with Crippen LogP contribution in [-0.2, 0) is 9.53 Å². The first-order valence-electron chi connectivity index (χ1n) is 6.43. The zero-order valence-electron chi connectivity index (χ0n) is 10.8. The van der Waals surface area contributed by atoms with Gasteiger partial charge in [0.15, 0.2) is 0 Å². The number of carbonyl (C=O) groups is 2. The van der Waals surface area contributed by atoms with Crippen molar-refractivity contribution >= 4 is 17.6 Å². The maximum atomic E-state index is 12.6. The van der Waals surface area contributed by atoms with Gasteiger partial charge in [-0.2, -0.15) is 0 Å². The number of aryl methyl sites for hydroxylation is 1. The molecule has 1 spiro atoms. The Bertz CT molecular complexity index is 518. The summed E-state index contributed by atoms with van der Waals surface area (Å²) in [4.78, 5) is 25.9. The molecule has 0 atom stereocenters. The highest BCUT2D eigenvalue weighted by molar-refractivity contribution is 6.23. The molecule has 1 aromatic carbocycles. The highest BCUT2D eigenvalue weighted by Gasteiger charge is 2.52. The van der Waals surface area contributed by atoms with Crippen molar-refractivity contribution < 1.29 is 14.3 Å². The van der Waals surface area contributed by atoms with Crippen molar-refractivity contribution in [3.05, 3.63) is 29.8 Å². The van der Waals surface area contributed by atoms with Crippen molar-refractivity contribution in [2.45, 2.75) is 25.3 Å². The molecule has 100 valence electrons. The highest BCUT2D eigenvalue weighted by atomic mass is 16.5. The molecule has 2 fully saturated rings. The lowest BCUT2D eigenvalue weighted by Gasteiger charge is -2.30. The molecule has 5 nitrogen and oxygen atoms in total. The van der Waals surface area contributed by atoms with Crippen LogP contribution in [0.2, 0.25) is 0 Å². The van der Waals surface area contributed by atoms with Gasteiger partial charge in [0.1, 0.15) is 5.54 Å². The van der Waals surface area contributed by atoms with Gasteiger partial charge in [-0.15, -0.1) is 0 Å². The molecule has 0 unspecified atom stereocenters. The summed E-state index contributed by atoms with van der Waals surface area (Å²) in [6, 6.07) is 7.04. The predicted molar refractivity (Wildman–Crippen MR) is 70.0 cm³/mol. The van der Waals surface area contributed by atoms with E-state index in [1.807, 2.05) is 19.1 Å². The number of urea groups is 1. The van der Waals surface area contributed by atoms with Crippen molar-refractivity contribution in [3.63, 3.8) is 0 Å². The summed E-state index contributed by atoms with van der Waals surface area (Å²) in [6.45, 7) is 2.98. The molecule has 19 heavy (non-hydrogen) atoms. The summed E-state index contributed by atoms with van der Waals surface area (Å²) >= 11 is 0. The van der Waals surface area contributed by atoms with Crippen LogP contribution in [0.25, 0.3) is 0 Å². The number of benzene rings is 1. The first kappa shape index (κ1) is 12.2. The maximum absolute atomic E-state index is 12.6. The molecular weight excluding hydrogens is 244 g/mol. The third kappa shape index (κ3) is 1.90. The smallest absolute Gasteiger partial charge is 0.329 e. The first-order valence-corrected chi connectivity index (χ1v) is 6.43. The van der Waals surface area contributed by atoms with Crippen molar-refractivity contribution in [1.82, 2.24) is 5.32 Å². The maximum Gasteiger partial charge on any atom is 0.329 e. The number of ether oxygens (including phenoxy) is 1. The van der Waals surface area contributed by atoms with Crippen molar-refractivity contribution in [2.75, 3.05) is 18.1 Å². The summed E-state index contributed by atoms with van der Waals surface area (Å²) in [7, 11) is 0. The Kier molecular flexibility index (Phi) is 2.78. The Morgan fingerprint density at radius 1 is 1.16 bits per heavy atom. The average molecular weight is 260 g/mol. The monoisotopic (exact) mass is 260 g/mol. The lowest BCUT2D eigenvalue weighted by Crippen LogP contribution is -2.51. The summed E-state index contributed by atoms with van der Waals surface area (Å²) in [5.41, 5.74) is 0.952. The number of carbonyl (C=O) groups excluding carboxylic acids is 2. The van der Waals surface area contributed by atoms with Crippen LogP contribution in [0.15, 0.2) is 24.3 Å². The summed E-state index contributed by atoms with van der Waals surface area (Å²) < 4.78 is 5.27. The van der Waals surface area contributed by atoms with Crippen LogP contribution >= 0.6 is 0 Å². The van der Waals surface area contributed by atoms with Gasteiger partial charge in [0.05, 0.1) is 5.69 Å². The number of anilines is 1. The predicted octanol–water partition coefficient (Wildman–Crippen LogP) is 1.60. The van der Waals surface area contributed by atoms with Gasteiger partial charge >= 0.3 is 6.03 Å². The van der Waals surface area contributed by atoms with Crippen LogP contribution in [-0.4, -0.2) is 30.7 Å². The lowest BCUT2D eigenvalue weighted by atomic mass is 9.90. The number of nitrogens with one attached hydrogen (secondary N) is 1. The Balaban J connectivity index is 1.92. The quantitative estimate of drug-likeness (QED) is 0.780. The summed E-state index contributed by atoms with van der Waals surface area (Å²) in [5.74, 6) is -0.162. The van der Waals surface area contributed by atoms with Gasteiger partial charge in [0.2, 0.25) is 0 Å². The largest absolute Gasteiger partial charge is 0.381 e. The van der Waals surface area contributed by atoms with Crippen molar-refractivity contribution in [3.8, 4) is 0 Å². The molecule has 2 heterocycles.